The number of carbonyl (C=O) groups is 1. The van der Waals surface area contributed by atoms with Crippen LogP contribution in [0.4, 0.5) is 5.82 Å². The fourth-order valence-corrected chi connectivity index (χ4v) is 1.59. The molecule has 0 aromatic carbocycles. The maximum atomic E-state index is 11.6. The highest BCUT2D eigenvalue weighted by molar-refractivity contribution is 5.94. The zero-order chi connectivity index (χ0) is 9.97. The van der Waals surface area contributed by atoms with E-state index in [9.17, 15) is 4.79 Å². The van der Waals surface area contributed by atoms with Crippen molar-refractivity contribution < 1.29 is 4.79 Å². The van der Waals surface area contributed by atoms with Crippen molar-refractivity contribution in [3.8, 4) is 0 Å². The van der Waals surface area contributed by atoms with Crippen LogP contribution in [-0.4, -0.2) is 28.7 Å². The van der Waals surface area contributed by atoms with E-state index in [0.717, 1.165) is 24.9 Å². The van der Waals surface area contributed by atoms with E-state index in [-0.39, 0.29) is 11.9 Å². The van der Waals surface area contributed by atoms with E-state index < -0.39 is 0 Å². The van der Waals surface area contributed by atoms with Gasteiger partial charge in [-0.3, -0.25) is 9.89 Å². The van der Waals surface area contributed by atoms with Crippen LogP contribution < -0.4 is 10.6 Å². The number of aryl methyl sites for hydroxylation is 1. The van der Waals surface area contributed by atoms with Crippen molar-refractivity contribution in [2.45, 2.75) is 25.8 Å². The van der Waals surface area contributed by atoms with Gasteiger partial charge >= 0.3 is 0 Å². The minimum atomic E-state index is -0.0438. The minimum Gasteiger partial charge on any atom is -0.309 e. The number of hydrogen-bond donors (Lipinski definition) is 3. The molecule has 1 atom stereocenters. The first-order valence-electron chi connectivity index (χ1n) is 4.81. The van der Waals surface area contributed by atoms with Gasteiger partial charge in [0.05, 0.1) is 12.2 Å². The molecule has 0 aliphatic carbocycles. The Labute approximate surface area is 82.3 Å². The molecule has 1 aliphatic heterocycles. The number of amides is 1. The molecule has 0 unspecified atom stereocenters. The first-order chi connectivity index (χ1) is 6.77. The van der Waals surface area contributed by atoms with Gasteiger partial charge in [0.15, 0.2) is 0 Å². The van der Waals surface area contributed by atoms with Gasteiger partial charge in [0.2, 0.25) is 5.91 Å². The number of aromatic nitrogens is 2. The number of H-pyrrole nitrogens is 1. The lowest BCUT2D eigenvalue weighted by atomic mass is 10.2. The molecule has 5 nitrogen and oxygen atoms in total. The summed E-state index contributed by atoms with van der Waals surface area (Å²) in [5.41, 5.74) is 0.955. The smallest absolute Gasteiger partial charge is 0.242 e. The van der Waals surface area contributed by atoms with Crippen LogP contribution in [0.1, 0.15) is 18.4 Å². The first-order valence-corrected chi connectivity index (χ1v) is 4.81. The molecule has 3 N–H and O–H groups in total. The van der Waals surface area contributed by atoms with Crippen molar-refractivity contribution in [3.63, 3.8) is 0 Å². The molecule has 0 bridgehead atoms. The van der Waals surface area contributed by atoms with Crippen LogP contribution >= 0.6 is 0 Å². The summed E-state index contributed by atoms with van der Waals surface area (Å²) >= 11 is 0. The Kier molecular flexibility index (Phi) is 2.49. The molecule has 76 valence electrons. The third-order valence-corrected chi connectivity index (χ3v) is 2.45. The number of carbonyl (C=O) groups excluding carboxylic acids is 1. The Balaban J connectivity index is 1.97. The second-order valence-corrected chi connectivity index (χ2v) is 3.57. The molecule has 1 aliphatic rings. The van der Waals surface area contributed by atoms with E-state index >= 15 is 0 Å². The SMILES string of the molecule is Cc1cn[nH]c1NC(=O)[C@H]1CCCN1. The summed E-state index contributed by atoms with van der Waals surface area (Å²) in [7, 11) is 0. The number of nitrogens with one attached hydrogen (secondary N) is 3. The summed E-state index contributed by atoms with van der Waals surface area (Å²) in [6, 6.07) is -0.0438. The summed E-state index contributed by atoms with van der Waals surface area (Å²) in [5, 5.41) is 12.5. The lowest BCUT2D eigenvalue weighted by Gasteiger charge is -2.09. The fourth-order valence-electron chi connectivity index (χ4n) is 1.59. The summed E-state index contributed by atoms with van der Waals surface area (Å²) in [5.74, 6) is 0.721. The topological polar surface area (TPSA) is 69.8 Å². The quantitative estimate of drug-likeness (QED) is 0.638. The molecular formula is C9H14N4O. The molecule has 14 heavy (non-hydrogen) atoms. The van der Waals surface area contributed by atoms with E-state index in [2.05, 4.69) is 20.8 Å². The van der Waals surface area contributed by atoms with Crippen molar-refractivity contribution in [2.24, 2.45) is 0 Å². The van der Waals surface area contributed by atoms with E-state index in [1.54, 1.807) is 6.20 Å². The predicted octanol–water partition coefficient (Wildman–Crippen LogP) is 0.409. The van der Waals surface area contributed by atoms with Gasteiger partial charge in [0.1, 0.15) is 5.82 Å². The van der Waals surface area contributed by atoms with E-state index in [1.165, 1.54) is 0 Å². The van der Waals surface area contributed by atoms with Gasteiger partial charge < -0.3 is 10.6 Å². The molecule has 0 saturated carbocycles. The molecule has 0 spiro atoms. The highest BCUT2D eigenvalue weighted by Crippen LogP contribution is 2.11. The van der Waals surface area contributed by atoms with Crippen molar-refractivity contribution in [1.82, 2.24) is 15.5 Å². The van der Waals surface area contributed by atoms with E-state index in [4.69, 9.17) is 0 Å². The molecule has 0 radical (unpaired) electrons. The third kappa shape index (κ3) is 1.77. The van der Waals surface area contributed by atoms with Crippen molar-refractivity contribution in [2.75, 3.05) is 11.9 Å². The van der Waals surface area contributed by atoms with Crippen molar-refractivity contribution >= 4 is 11.7 Å². The number of nitrogens with zero attached hydrogens (tertiary/aromatic N) is 1. The minimum absolute atomic E-state index is 0.0230. The Morgan fingerprint density at radius 2 is 2.57 bits per heavy atom. The molecule has 1 aromatic heterocycles. The molecule has 1 aromatic rings. The number of hydrogen-bond acceptors (Lipinski definition) is 3. The summed E-state index contributed by atoms with van der Waals surface area (Å²) in [6.07, 6.45) is 3.68. The lowest BCUT2D eigenvalue weighted by Crippen LogP contribution is -2.35. The van der Waals surface area contributed by atoms with Gasteiger partial charge in [-0.2, -0.15) is 5.10 Å². The van der Waals surface area contributed by atoms with Gasteiger partial charge in [-0.15, -0.1) is 0 Å². The lowest BCUT2D eigenvalue weighted by molar-refractivity contribution is -0.117. The molecule has 1 fully saturated rings. The first kappa shape index (κ1) is 9.21. The van der Waals surface area contributed by atoms with Gasteiger partial charge in [-0.05, 0) is 26.3 Å². The Bertz CT molecular complexity index is 327. The van der Waals surface area contributed by atoms with Crippen LogP contribution in [0.3, 0.4) is 0 Å². The fraction of sp³-hybridized carbons (Fsp3) is 0.556. The monoisotopic (exact) mass is 194 g/mol. The van der Waals surface area contributed by atoms with Crippen LogP contribution in [0, 0.1) is 6.92 Å². The predicted molar refractivity (Wildman–Crippen MR) is 53.0 cm³/mol. The molecule has 5 heteroatoms. The maximum Gasteiger partial charge on any atom is 0.242 e. The second-order valence-electron chi connectivity index (χ2n) is 3.57. The van der Waals surface area contributed by atoms with Crippen LogP contribution in [0.25, 0.3) is 0 Å². The van der Waals surface area contributed by atoms with E-state index in [1.807, 2.05) is 6.92 Å². The molecule has 1 amide bonds. The van der Waals surface area contributed by atoms with Crippen LogP contribution in [0.15, 0.2) is 6.20 Å². The van der Waals surface area contributed by atoms with Crippen molar-refractivity contribution in [3.05, 3.63) is 11.8 Å². The largest absolute Gasteiger partial charge is 0.309 e. The average Bonchev–Trinajstić information content (AvgIpc) is 2.77. The summed E-state index contributed by atoms with van der Waals surface area (Å²) < 4.78 is 0. The normalized spacial score (nSPS) is 21.1. The highest BCUT2D eigenvalue weighted by atomic mass is 16.2. The van der Waals surface area contributed by atoms with Crippen LogP contribution in [0.2, 0.25) is 0 Å². The Morgan fingerprint density at radius 3 is 3.14 bits per heavy atom. The van der Waals surface area contributed by atoms with E-state index in [0.29, 0.717) is 5.82 Å². The third-order valence-electron chi connectivity index (χ3n) is 2.45. The van der Waals surface area contributed by atoms with Gasteiger partial charge in [-0.25, -0.2) is 0 Å². The summed E-state index contributed by atoms with van der Waals surface area (Å²) in [4.78, 5) is 11.6. The molecule has 2 heterocycles. The second kappa shape index (κ2) is 3.79. The van der Waals surface area contributed by atoms with Gasteiger partial charge in [0.25, 0.3) is 0 Å². The average molecular weight is 194 g/mol. The molecule has 1 saturated heterocycles. The zero-order valence-corrected chi connectivity index (χ0v) is 8.13. The van der Waals surface area contributed by atoms with Crippen LogP contribution in [-0.2, 0) is 4.79 Å². The number of rotatable bonds is 2. The molecule has 2 rings (SSSR count). The summed E-state index contributed by atoms with van der Waals surface area (Å²) in [6.45, 7) is 2.83. The Hall–Kier alpha value is -1.36. The molecular weight excluding hydrogens is 180 g/mol. The number of anilines is 1. The van der Waals surface area contributed by atoms with Gasteiger partial charge in [0, 0.05) is 5.56 Å². The Morgan fingerprint density at radius 1 is 1.71 bits per heavy atom. The van der Waals surface area contributed by atoms with Crippen molar-refractivity contribution in [1.29, 1.82) is 0 Å². The maximum absolute atomic E-state index is 11.6. The van der Waals surface area contributed by atoms with Crippen LogP contribution in [0.5, 0.6) is 0 Å². The highest BCUT2D eigenvalue weighted by Gasteiger charge is 2.22. The number of aromatic amines is 1. The van der Waals surface area contributed by atoms with Gasteiger partial charge in [-0.1, -0.05) is 0 Å². The zero-order valence-electron chi connectivity index (χ0n) is 8.13. The standard InChI is InChI=1S/C9H14N4O/c1-6-5-11-13-8(6)12-9(14)7-3-2-4-10-7/h5,7,10H,2-4H2,1H3,(H2,11,12,13,14)/t7-/m1/s1.